The molecule has 0 saturated heterocycles. The average molecular weight is 497 g/mol. The number of nitrogens with one attached hydrogen (secondary N) is 2. The third-order valence-electron chi connectivity index (χ3n) is 5.11. The van der Waals surface area contributed by atoms with E-state index in [2.05, 4.69) is 30.6 Å². The first-order valence-corrected chi connectivity index (χ1v) is 10.8. The minimum absolute atomic E-state index is 0.0263. The lowest BCUT2D eigenvalue weighted by atomic mass is 10.1. The molecule has 0 bridgehead atoms. The number of nitrogens with zero attached hydrogens (tertiary/aromatic N) is 4. The molecule has 1 unspecified atom stereocenters. The second-order valence-corrected chi connectivity index (χ2v) is 7.79. The Labute approximate surface area is 206 Å². The Bertz CT molecular complexity index is 1330. The number of hydrogen-bond acceptors (Lipinski definition) is 9. The minimum atomic E-state index is -0.703. The maximum Gasteiger partial charge on any atom is 0.190 e. The lowest BCUT2D eigenvalue weighted by Gasteiger charge is -2.16. The second-order valence-electron chi connectivity index (χ2n) is 7.41. The van der Waals surface area contributed by atoms with E-state index in [1.54, 1.807) is 19.2 Å². The minimum Gasteiger partial charge on any atom is -0.495 e. The van der Waals surface area contributed by atoms with E-state index in [0.29, 0.717) is 17.1 Å². The highest BCUT2D eigenvalue weighted by molar-refractivity contribution is 6.35. The zero-order valence-corrected chi connectivity index (χ0v) is 19.8. The molecule has 0 aliphatic carbocycles. The summed E-state index contributed by atoms with van der Waals surface area (Å²) in [6.07, 6.45) is 3.64. The van der Waals surface area contributed by atoms with E-state index in [9.17, 15) is 5.11 Å². The van der Waals surface area contributed by atoms with Gasteiger partial charge in [0.15, 0.2) is 11.6 Å². The predicted octanol–water partition coefficient (Wildman–Crippen LogP) is 5.28. The van der Waals surface area contributed by atoms with E-state index >= 15 is 4.39 Å². The van der Waals surface area contributed by atoms with Gasteiger partial charge in [-0.2, -0.15) is 0 Å². The van der Waals surface area contributed by atoms with Crippen LogP contribution >= 0.6 is 11.6 Å². The number of aliphatic hydroxyl groups is 1. The van der Waals surface area contributed by atoms with Gasteiger partial charge in [-0.1, -0.05) is 23.7 Å². The van der Waals surface area contributed by atoms with Gasteiger partial charge in [0.1, 0.15) is 40.7 Å². The third-order valence-corrected chi connectivity index (χ3v) is 5.49. The summed E-state index contributed by atoms with van der Waals surface area (Å²) in [7, 11) is 2.77. The number of anilines is 4. The molecule has 0 radical (unpaired) electrons. The Balaban J connectivity index is 1.69. The van der Waals surface area contributed by atoms with E-state index in [-0.39, 0.29) is 28.0 Å². The van der Waals surface area contributed by atoms with Crippen molar-refractivity contribution in [2.45, 2.75) is 13.0 Å². The van der Waals surface area contributed by atoms with Crippen molar-refractivity contribution in [2.75, 3.05) is 24.9 Å². The third kappa shape index (κ3) is 5.23. The maximum atomic E-state index is 15.0. The first-order chi connectivity index (χ1) is 16.9. The summed E-state index contributed by atoms with van der Waals surface area (Å²) in [5, 5.41) is 16.0. The number of hydrogen-bond donors (Lipinski definition) is 3. The Hall–Kier alpha value is -4.02. The van der Waals surface area contributed by atoms with E-state index in [1.165, 1.54) is 32.9 Å². The molecule has 0 aliphatic heterocycles. The Kier molecular flexibility index (Phi) is 7.23. The largest absolute Gasteiger partial charge is 0.495 e. The van der Waals surface area contributed by atoms with Crippen LogP contribution in [0.25, 0.3) is 11.3 Å². The van der Waals surface area contributed by atoms with Gasteiger partial charge in [0.25, 0.3) is 0 Å². The lowest BCUT2D eigenvalue weighted by molar-refractivity contribution is 0.199. The molecule has 4 aromatic rings. The van der Waals surface area contributed by atoms with Crippen LogP contribution in [0.3, 0.4) is 0 Å². The Morgan fingerprint density at radius 3 is 2.54 bits per heavy atom. The number of rotatable bonds is 8. The fourth-order valence-corrected chi connectivity index (χ4v) is 3.59. The van der Waals surface area contributed by atoms with Crippen molar-refractivity contribution in [3.05, 3.63) is 71.7 Å². The Morgan fingerprint density at radius 2 is 1.80 bits per heavy atom. The van der Waals surface area contributed by atoms with Crippen LogP contribution in [-0.2, 0) is 0 Å². The van der Waals surface area contributed by atoms with Crippen molar-refractivity contribution < 1.29 is 19.0 Å². The zero-order valence-electron chi connectivity index (χ0n) is 19.1. The molecule has 0 spiro atoms. The average Bonchev–Trinajstić information content (AvgIpc) is 2.87. The normalized spacial score (nSPS) is 11.6. The van der Waals surface area contributed by atoms with Crippen molar-refractivity contribution >= 4 is 34.6 Å². The number of benzene rings is 2. The summed E-state index contributed by atoms with van der Waals surface area (Å²) in [4.78, 5) is 16.9. The molecule has 2 heterocycles. The molecule has 35 heavy (non-hydrogen) atoms. The van der Waals surface area contributed by atoms with E-state index < -0.39 is 11.9 Å². The highest BCUT2D eigenvalue weighted by Gasteiger charge is 2.21. The zero-order chi connectivity index (χ0) is 24.9. The molecule has 1 atom stereocenters. The van der Waals surface area contributed by atoms with Gasteiger partial charge in [-0.25, -0.2) is 24.3 Å². The van der Waals surface area contributed by atoms with Crippen LogP contribution in [0.4, 0.5) is 27.4 Å². The number of methoxy groups -OCH3 is 2. The summed E-state index contributed by atoms with van der Waals surface area (Å²) in [5.74, 6) is 0.246. The topological polar surface area (TPSA) is 114 Å². The summed E-state index contributed by atoms with van der Waals surface area (Å²) in [6.45, 7) is 1.69. The second kappa shape index (κ2) is 10.5. The Morgan fingerprint density at radius 1 is 1.00 bits per heavy atom. The van der Waals surface area contributed by atoms with E-state index in [4.69, 9.17) is 21.1 Å². The maximum absolute atomic E-state index is 15.0. The summed E-state index contributed by atoms with van der Waals surface area (Å²) < 4.78 is 25.4. The van der Waals surface area contributed by atoms with Gasteiger partial charge in [0, 0.05) is 24.0 Å². The standard InChI is InChI=1S/C24H22ClFN6O3/c1-13(33)14-5-4-6-15(7-14)31-20-8-17(28-12-29-20)16-10-27-11-30-24(16)32-23-21(25)18(34-2)9-19(35-3)22(23)26/h4-13,33H,1-3H3,(H,27,30,32)(H,28,29,31). The van der Waals surface area contributed by atoms with Crippen LogP contribution in [0.15, 0.2) is 55.2 Å². The van der Waals surface area contributed by atoms with Gasteiger partial charge in [-0.15, -0.1) is 0 Å². The van der Waals surface area contributed by atoms with Crippen molar-refractivity contribution in [1.82, 2.24) is 19.9 Å². The molecule has 11 heteroatoms. The van der Waals surface area contributed by atoms with Crippen LogP contribution in [0.5, 0.6) is 11.5 Å². The van der Waals surface area contributed by atoms with Gasteiger partial charge in [0.05, 0.1) is 31.6 Å². The van der Waals surface area contributed by atoms with Gasteiger partial charge in [-0.3, -0.25) is 0 Å². The van der Waals surface area contributed by atoms with Crippen LogP contribution in [0.2, 0.25) is 5.02 Å². The molecule has 0 saturated carbocycles. The molecule has 180 valence electrons. The molecule has 4 rings (SSSR count). The van der Waals surface area contributed by atoms with E-state index in [1.807, 2.05) is 24.3 Å². The molecular formula is C24H22ClFN6O3. The molecule has 9 nitrogen and oxygen atoms in total. The molecule has 2 aromatic carbocycles. The molecule has 2 aromatic heterocycles. The van der Waals surface area contributed by atoms with E-state index in [0.717, 1.165) is 11.3 Å². The molecule has 0 fully saturated rings. The van der Waals surface area contributed by atoms with Crippen LogP contribution in [-0.4, -0.2) is 39.3 Å². The molecule has 3 N–H and O–H groups in total. The van der Waals surface area contributed by atoms with Crippen LogP contribution in [0, 0.1) is 5.82 Å². The van der Waals surface area contributed by atoms with Crippen LogP contribution < -0.4 is 20.1 Å². The highest BCUT2D eigenvalue weighted by Crippen LogP contribution is 2.42. The predicted molar refractivity (Wildman–Crippen MR) is 131 cm³/mol. The van der Waals surface area contributed by atoms with Gasteiger partial charge >= 0.3 is 0 Å². The highest BCUT2D eigenvalue weighted by atomic mass is 35.5. The molecule has 0 amide bonds. The van der Waals surface area contributed by atoms with Crippen molar-refractivity contribution in [3.63, 3.8) is 0 Å². The number of aliphatic hydroxyl groups excluding tert-OH is 1. The molecule has 0 aliphatic rings. The fraction of sp³-hybridized carbons (Fsp3) is 0.167. The monoisotopic (exact) mass is 496 g/mol. The number of aromatic nitrogens is 4. The first kappa shape index (κ1) is 24.1. The fourth-order valence-electron chi connectivity index (χ4n) is 3.33. The molecular weight excluding hydrogens is 475 g/mol. The summed E-state index contributed by atoms with van der Waals surface area (Å²) >= 11 is 6.36. The van der Waals surface area contributed by atoms with Crippen molar-refractivity contribution in [1.29, 1.82) is 0 Å². The number of halogens is 2. The van der Waals surface area contributed by atoms with Crippen molar-refractivity contribution in [2.24, 2.45) is 0 Å². The first-order valence-electron chi connectivity index (χ1n) is 10.5. The van der Waals surface area contributed by atoms with Crippen LogP contribution in [0.1, 0.15) is 18.6 Å². The number of ether oxygens (including phenoxy) is 2. The summed E-state index contributed by atoms with van der Waals surface area (Å²) in [6, 6.07) is 10.4. The van der Waals surface area contributed by atoms with Gasteiger partial charge in [0.2, 0.25) is 0 Å². The smallest absolute Gasteiger partial charge is 0.190 e. The quantitative estimate of drug-likeness (QED) is 0.299. The van der Waals surface area contributed by atoms with Gasteiger partial charge < -0.3 is 25.2 Å². The van der Waals surface area contributed by atoms with Gasteiger partial charge in [-0.05, 0) is 24.6 Å². The summed E-state index contributed by atoms with van der Waals surface area (Å²) in [5.41, 5.74) is 2.40. The lowest BCUT2D eigenvalue weighted by Crippen LogP contribution is -2.04. The van der Waals surface area contributed by atoms with Crippen molar-refractivity contribution in [3.8, 4) is 22.8 Å². The SMILES string of the molecule is COc1cc(OC)c(Cl)c(Nc2ncncc2-c2cc(Nc3cccc(C(C)O)c3)ncn2)c1F.